The molecule has 1 nitrogen and oxygen atoms in total. The Morgan fingerprint density at radius 3 is 1.82 bits per heavy atom. The Kier molecular flexibility index (Phi) is 5.48. The van der Waals surface area contributed by atoms with Crippen molar-refractivity contribution >= 4 is 32.3 Å². The Balaban J connectivity index is 1.26. The Labute approximate surface area is 256 Å². The van der Waals surface area contributed by atoms with Crippen molar-refractivity contribution in [1.29, 1.82) is 0 Å². The smallest absolute Gasteiger partial charge is 0.116 e. The number of hydrogen-bond donors (Lipinski definition) is 1. The molecule has 0 bridgehead atoms. The van der Waals surface area contributed by atoms with Crippen molar-refractivity contribution in [1.82, 2.24) is 0 Å². The molecule has 206 valence electrons. The number of hydrogen-bond acceptors (Lipinski definition) is 1. The van der Waals surface area contributed by atoms with Gasteiger partial charge in [0.15, 0.2) is 0 Å². The van der Waals surface area contributed by atoms with E-state index in [0.717, 1.165) is 17.2 Å². The minimum atomic E-state index is 0.291. The lowest BCUT2D eigenvalue weighted by Crippen LogP contribution is -1.94. The number of fused-ring (bicyclic) bond motifs is 6. The molecule has 8 aromatic carbocycles. The summed E-state index contributed by atoms with van der Waals surface area (Å²) in [7, 11) is 0. The topological polar surface area (TPSA) is 20.2 Å². The van der Waals surface area contributed by atoms with Gasteiger partial charge in [-0.05, 0) is 113 Å². The van der Waals surface area contributed by atoms with Gasteiger partial charge in [-0.3, -0.25) is 0 Å². The number of phenols is 1. The standard InChI is InChI=1S/C43H28O/c44-34-19-17-29-23-32(16-15-30(29)25-34)43-41(39-14-6-10-28-8-2-4-12-36(28)39)22-21-40-38-20-18-31(24-33(38)26-42(40)43)37-13-5-9-27-7-1-3-11-35(27)37/h1-25,44H,26H2. The van der Waals surface area contributed by atoms with E-state index < -0.39 is 0 Å². The molecule has 0 amide bonds. The zero-order chi connectivity index (χ0) is 29.2. The maximum Gasteiger partial charge on any atom is 0.116 e. The first kappa shape index (κ1) is 24.9. The minimum absolute atomic E-state index is 0.291. The van der Waals surface area contributed by atoms with E-state index in [0.29, 0.717) is 5.75 Å². The molecule has 9 rings (SSSR count). The highest BCUT2D eigenvalue weighted by molar-refractivity contribution is 6.04. The maximum atomic E-state index is 10.1. The fraction of sp³-hybridized carbons (Fsp3) is 0.0233. The molecule has 8 aromatic rings. The molecule has 0 saturated carbocycles. The van der Waals surface area contributed by atoms with E-state index in [1.54, 1.807) is 6.07 Å². The molecule has 0 aromatic heterocycles. The second-order valence-electron chi connectivity index (χ2n) is 11.9. The lowest BCUT2D eigenvalue weighted by atomic mass is 9.85. The van der Waals surface area contributed by atoms with Crippen LogP contribution < -0.4 is 0 Å². The van der Waals surface area contributed by atoms with Gasteiger partial charge in [-0.25, -0.2) is 0 Å². The third kappa shape index (κ3) is 3.87. The molecule has 0 atom stereocenters. The fourth-order valence-corrected chi connectivity index (χ4v) is 7.32. The number of phenolic OH excluding ortho intramolecular Hbond substituents is 1. The lowest BCUT2D eigenvalue weighted by molar-refractivity contribution is 0.476. The highest BCUT2D eigenvalue weighted by atomic mass is 16.3. The van der Waals surface area contributed by atoms with E-state index in [4.69, 9.17) is 0 Å². The SMILES string of the molecule is Oc1ccc2cc(-c3c(-c4cccc5ccccc45)ccc4c3Cc3cc(-c5cccc6ccccc56)ccc3-4)ccc2c1. The van der Waals surface area contributed by atoms with E-state index in [9.17, 15) is 5.11 Å². The van der Waals surface area contributed by atoms with E-state index in [2.05, 4.69) is 133 Å². The van der Waals surface area contributed by atoms with Gasteiger partial charge in [-0.15, -0.1) is 0 Å². The first-order valence-corrected chi connectivity index (χ1v) is 15.2. The Morgan fingerprint density at radius 2 is 1.00 bits per heavy atom. The van der Waals surface area contributed by atoms with Crippen LogP contribution in [0.3, 0.4) is 0 Å². The predicted octanol–water partition coefficient (Wildman–Crippen LogP) is 11.4. The summed E-state index contributed by atoms with van der Waals surface area (Å²) in [6.07, 6.45) is 0.880. The van der Waals surface area contributed by atoms with Crippen molar-refractivity contribution in [2.75, 3.05) is 0 Å². The number of rotatable bonds is 3. The predicted molar refractivity (Wildman–Crippen MR) is 185 cm³/mol. The normalized spacial score (nSPS) is 12.1. The molecule has 0 fully saturated rings. The Morgan fingerprint density at radius 1 is 0.386 bits per heavy atom. The maximum absolute atomic E-state index is 10.1. The van der Waals surface area contributed by atoms with Crippen LogP contribution in [0.1, 0.15) is 11.1 Å². The Bertz CT molecular complexity index is 2420. The highest BCUT2D eigenvalue weighted by Gasteiger charge is 2.26. The van der Waals surface area contributed by atoms with Crippen LogP contribution in [0.2, 0.25) is 0 Å². The summed E-state index contributed by atoms with van der Waals surface area (Å²) in [5.74, 6) is 0.291. The van der Waals surface area contributed by atoms with E-state index in [1.807, 2.05) is 12.1 Å². The fourth-order valence-electron chi connectivity index (χ4n) is 7.32. The second-order valence-corrected chi connectivity index (χ2v) is 11.9. The van der Waals surface area contributed by atoms with Crippen molar-refractivity contribution < 1.29 is 5.11 Å². The van der Waals surface area contributed by atoms with Crippen LogP contribution in [0.25, 0.3) is 76.8 Å². The van der Waals surface area contributed by atoms with Crippen molar-refractivity contribution in [3.63, 3.8) is 0 Å². The van der Waals surface area contributed by atoms with Crippen LogP contribution in [-0.2, 0) is 6.42 Å². The summed E-state index contributed by atoms with van der Waals surface area (Å²) in [6.45, 7) is 0. The monoisotopic (exact) mass is 560 g/mol. The summed E-state index contributed by atoms with van der Waals surface area (Å²) in [4.78, 5) is 0. The van der Waals surface area contributed by atoms with Gasteiger partial charge in [0.05, 0.1) is 0 Å². The zero-order valence-electron chi connectivity index (χ0n) is 24.1. The van der Waals surface area contributed by atoms with Gasteiger partial charge in [-0.2, -0.15) is 0 Å². The second kappa shape index (κ2) is 9.69. The molecule has 1 aliphatic rings. The average Bonchev–Trinajstić information content (AvgIpc) is 3.45. The molecular weight excluding hydrogens is 532 g/mol. The molecule has 1 aliphatic carbocycles. The van der Waals surface area contributed by atoms with Gasteiger partial charge >= 0.3 is 0 Å². The van der Waals surface area contributed by atoms with Crippen molar-refractivity contribution in [3.05, 3.63) is 163 Å². The Hall–Kier alpha value is -5.66. The highest BCUT2D eigenvalue weighted by Crippen LogP contribution is 2.48. The van der Waals surface area contributed by atoms with Gasteiger partial charge < -0.3 is 5.11 Å². The quantitative estimate of drug-likeness (QED) is 0.228. The number of benzene rings is 8. The first-order valence-electron chi connectivity index (χ1n) is 15.2. The van der Waals surface area contributed by atoms with E-state index >= 15 is 0 Å². The molecule has 0 aliphatic heterocycles. The molecule has 44 heavy (non-hydrogen) atoms. The summed E-state index contributed by atoms with van der Waals surface area (Å²) >= 11 is 0. The van der Waals surface area contributed by atoms with Crippen LogP contribution in [0, 0.1) is 0 Å². The molecule has 0 spiro atoms. The average molecular weight is 561 g/mol. The molecular formula is C43H28O. The third-order valence-electron chi connectivity index (χ3n) is 9.37. The summed E-state index contributed by atoms with van der Waals surface area (Å²) in [5, 5.41) is 17.3. The summed E-state index contributed by atoms with van der Waals surface area (Å²) < 4.78 is 0. The van der Waals surface area contributed by atoms with Crippen LogP contribution >= 0.6 is 0 Å². The minimum Gasteiger partial charge on any atom is -0.508 e. The van der Waals surface area contributed by atoms with Gasteiger partial charge in [0, 0.05) is 0 Å². The van der Waals surface area contributed by atoms with Gasteiger partial charge in [0.1, 0.15) is 5.75 Å². The van der Waals surface area contributed by atoms with Gasteiger partial charge in [-0.1, -0.05) is 133 Å². The van der Waals surface area contributed by atoms with Crippen LogP contribution in [-0.4, -0.2) is 5.11 Å². The largest absolute Gasteiger partial charge is 0.508 e. The lowest BCUT2D eigenvalue weighted by Gasteiger charge is -2.18. The molecule has 1 heteroatoms. The molecule has 0 heterocycles. The summed E-state index contributed by atoms with van der Waals surface area (Å²) in [5.41, 5.74) is 12.9. The molecule has 0 radical (unpaired) electrons. The number of aromatic hydroxyl groups is 1. The van der Waals surface area contributed by atoms with Crippen molar-refractivity contribution in [2.24, 2.45) is 0 Å². The van der Waals surface area contributed by atoms with Crippen LogP contribution in [0.15, 0.2) is 152 Å². The van der Waals surface area contributed by atoms with Crippen molar-refractivity contribution in [3.8, 4) is 50.3 Å². The van der Waals surface area contributed by atoms with Crippen LogP contribution in [0.4, 0.5) is 0 Å². The van der Waals surface area contributed by atoms with Crippen LogP contribution in [0.5, 0.6) is 5.75 Å². The molecule has 1 N–H and O–H groups in total. The van der Waals surface area contributed by atoms with Crippen molar-refractivity contribution in [2.45, 2.75) is 6.42 Å². The third-order valence-corrected chi connectivity index (χ3v) is 9.37. The van der Waals surface area contributed by atoms with E-state index in [1.165, 1.54) is 77.2 Å². The van der Waals surface area contributed by atoms with E-state index in [-0.39, 0.29) is 0 Å². The first-order chi connectivity index (χ1) is 21.7. The summed E-state index contributed by atoms with van der Waals surface area (Å²) in [6, 6.07) is 54.5. The van der Waals surface area contributed by atoms with Gasteiger partial charge in [0.2, 0.25) is 0 Å². The molecule has 0 unspecified atom stereocenters. The van der Waals surface area contributed by atoms with Gasteiger partial charge in [0.25, 0.3) is 0 Å². The molecule has 0 saturated heterocycles. The zero-order valence-corrected chi connectivity index (χ0v) is 24.1.